The average molecular weight is 423 g/mol. The van der Waals surface area contributed by atoms with Crippen molar-refractivity contribution in [3.8, 4) is 5.88 Å². The Hall–Kier alpha value is -3.59. The Morgan fingerprint density at radius 2 is 1.70 bits per heavy atom. The summed E-state index contributed by atoms with van der Waals surface area (Å²) in [5, 5.41) is -0.0310. The number of para-hydroxylation sites is 2. The molecule has 4 aromatic rings. The molecule has 152 valence electrons. The lowest BCUT2D eigenvalue weighted by atomic mass is 10.0. The molecule has 0 fully saturated rings. The fraction of sp³-hybridized carbons (Fsp3) is 0.143. The molecule has 0 amide bonds. The number of nitrogens with zero attached hydrogens (tertiary/aromatic N) is 2. The van der Waals surface area contributed by atoms with E-state index in [1.807, 2.05) is 12.1 Å². The van der Waals surface area contributed by atoms with Crippen LogP contribution in [0.5, 0.6) is 0 Å². The van der Waals surface area contributed by atoms with Gasteiger partial charge in [-0.3, -0.25) is 9.10 Å². The Morgan fingerprint density at radius 3 is 2.57 bits per heavy atom. The van der Waals surface area contributed by atoms with Gasteiger partial charge < -0.3 is 9.40 Å². The highest BCUT2D eigenvalue weighted by molar-refractivity contribution is 7.92. The summed E-state index contributed by atoms with van der Waals surface area (Å²) in [5.41, 5.74) is 0.660. The minimum atomic E-state index is -3.99. The number of anilines is 1. The van der Waals surface area contributed by atoms with Gasteiger partial charge in [0.25, 0.3) is 15.6 Å². The van der Waals surface area contributed by atoms with E-state index in [1.165, 1.54) is 16.4 Å². The monoisotopic (exact) mass is 423 g/mol. The van der Waals surface area contributed by atoms with Gasteiger partial charge in [0.1, 0.15) is 0 Å². The van der Waals surface area contributed by atoms with Crippen molar-refractivity contribution in [1.29, 1.82) is 0 Å². The molecule has 0 aliphatic carbocycles. The molecule has 30 heavy (non-hydrogen) atoms. The number of benzene rings is 2. The summed E-state index contributed by atoms with van der Waals surface area (Å²) < 4.78 is 34.1. The molecule has 1 N–H and O–H groups in total. The van der Waals surface area contributed by atoms with Gasteiger partial charge in [-0.1, -0.05) is 30.3 Å². The first-order valence-corrected chi connectivity index (χ1v) is 10.9. The van der Waals surface area contributed by atoms with Crippen molar-refractivity contribution in [2.45, 2.75) is 17.9 Å². The summed E-state index contributed by atoms with van der Waals surface area (Å²) in [6, 6.07) is 16.5. The van der Waals surface area contributed by atoms with Crippen LogP contribution in [0.25, 0.3) is 16.8 Å². The highest BCUT2D eigenvalue weighted by atomic mass is 32.2. The van der Waals surface area contributed by atoms with Crippen LogP contribution in [0.2, 0.25) is 0 Å². The quantitative estimate of drug-likeness (QED) is 0.545. The van der Waals surface area contributed by atoms with Crippen LogP contribution >= 0.6 is 0 Å². The van der Waals surface area contributed by atoms with E-state index in [9.17, 15) is 18.0 Å². The van der Waals surface area contributed by atoms with E-state index in [2.05, 4.69) is 4.98 Å². The third kappa shape index (κ3) is 2.78. The minimum absolute atomic E-state index is 0.157. The Balaban J connectivity index is 1.61. The highest BCUT2D eigenvalue weighted by Crippen LogP contribution is 2.32. The molecule has 8 nitrogen and oxygen atoms in total. The Morgan fingerprint density at radius 1 is 0.933 bits per heavy atom. The van der Waals surface area contributed by atoms with Crippen LogP contribution in [0.15, 0.2) is 79.8 Å². The number of H-pyrrole nitrogens is 1. The molecule has 5 rings (SSSR count). The topological polar surface area (TPSA) is 105 Å². The van der Waals surface area contributed by atoms with E-state index in [0.29, 0.717) is 29.6 Å². The molecule has 0 saturated carbocycles. The molecule has 0 bridgehead atoms. The lowest BCUT2D eigenvalue weighted by Crippen LogP contribution is -2.35. The van der Waals surface area contributed by atoms with Crippen LogP contribution in [-0.2, 0) is 16.4 Å². The van der Waals surface area contributed by atoms with Crippen LogP contribution in [0.4, 0.5) is 5.69 Å². The third-order valence-corrected chi connectivity index (χ3v) is 6.89. The van der Waals surface area contributed by atoms with Crippen molar-refractivity contribution in [2.75, 3.05) is 10.8 Å². The number of aromatic amines is 1. The number of fused-ring (bicyclic) bond motifs is 2. The number of aryl methyl sites for hydroxylation is 1. The fourth-order valence-electron chi connectivity index (χ4n) is 3.79. The second kappa shape index (κ2) is 6.74. The zero-order chi connectivity index (χ0) is 20.9. The maximum atomic E-state index is 13.2. The molecule has 0 radical (unpaired) electrons. The van der Waals surface area contributed by atoms with Crippen molar-refractivity contribution in [1.82, 2.24) is 9.55 Å². The second-order valence-corrected chi connectivity index (χ2v) is 8.81. The fourth-order valence-corrected chi connectivity index (χ4v) is 5.24. The van der Waals surface area contributed by atoms with Crippen LogP contribution < -0.4 is 15.6 Å². The number of hydrogen-bond donors (Lipinski definition) is 1. The predicted octanol–water partition coefficient (Wildman–Crippen LogP) is 2.41. The lowest BCUT2D eigenvalue weighted by Gasteiger charge is -2.29. The molecule has 0 unspecified atom stereocenters. The maximum absolute atomic E-state index is 13.2. The van der Waals surface area contributed by atoms with Gasteiger partial charge in [0.15, 0.2) is 0 Å². The van der Waals surface area contributed by atoms with Crippen molar-refractivity contribution in [2.24, 2.45) is 0 Å². The standard InChI is InChI=1S/C21H17N3O5S/c25-20-15-8-2-3-9-16(15)22-21(26)24(20)18-11-12-19(29-18)30(27,28)23-13-5-7-14-6-1-4-10-17(14)23/h1-4,6,8-12H,5,7,13H2,(H,22,26). The first kappa shape index (κ1) is 18.4. The Labute approximate surface area is 171 Å². The first-order chi connectivity index (χ1) is 14.5. The number of sulfonamides is 1. The summed E-state index contributed by atoms with van der Waals surface area (Å²) in [5.74, 6) is -0.157. The van der Waals surface area contributed by atoms with Crippen molar-refractivity contribution in [3.63, 3.8) is 0 Å². The van der Waals surface area contributed by atoms with Crippen molar-refractivity contribution < 1.29 is 12.8 Å². The Bertz CT molecular complexity index is 1500. The van der Waals surface area contributed by atoms with Crippen molar-refractivity contribution >= 4 is 26.6 Å². The predicted molar refractivity (Wildman–Crippen MR) is 112 cm³/mol. The number of rotatable bonds is 3. The summed E-state index contributed by atoms with van der Waals surface area (Å²) in [4.78, 5) is 27.9. The zero-order valence-corrected chi connectivity index (χ0v) is 16.6. The summed E-state index contributed by atoms with van der Waals surface area (Å²) >= 11 is 0. The normalized spacial score (nSPS) is 14.1. The summed E-state index contributed by atoms with van der Waals surface area (Å²) in [6.45, 7) is 0.325. The highest BCUT2D eigenvalue weighted by Gasteiger charge is 2.32. The van der Waals surface area contributed by atoms with Gasteiger partial charge >= 0.3 is 5.69 Å². The van der Waals surface area contributed by atoms with E-state index in [-0.39, 0.29) is 11.0 Å². The van der Waals surface area contributed by atoms with E-state index >= 15 is 0 Å². The molecule has 3 heterocycles. The molecular weight excluding hydrogens is 406 g/mol. The van der Waals surface area contributed by atoms with Crippen LogP contribution in [0.1, 0.15) is 12.0 Å². The molecule has 0 atom stereocenters. The third-order valence-electron chi connectivity index (χ3n) is 5.20. The van der Waals surface area contributed by atoms with E-state index in [1.54, 1.807) is 36.4 Å². The largest absolute Gasteiger partial charge is 0.426 e. The second-order valence-electron chi connectivity index (χ2n) is 7.02. The average Bonchev–Trinajstić information content (AvgIpc) is 3.24. The number of furan rings is 1. The first-order valence-electron chi connectivity index (χ1n) is 9.42. The number of hydrogen-bond acceptors (Lipinski definition) is 5. The van der Waals surface area contributed by atoms with Gasteiger partial charge in [-0.15, -0.1) is 0 Å². The minimum Gasteiger partial charge on any atom is -0.426 e. The van der Waals surface area contributed by atoms with E-state index in [0.717, 1.165) is 16.6 Å². The van der Waals surface area contributed by atoms with Gasteiger partial charge in [-0.25, -0.2) is 4.79 Å². The van der Waals surface area contributed by atoms with Gasteiger partial charge in [0.2, 0.25) is 11.0 Å². The summed E-state index contributed by atoms with van der Waals surface area (Å²) in [6.07, 6.45) is 1.49. The molecule has 0 spiro atoms. The molecule has 1 aliphatic rings. The van der Waals surface area contributed by atoms with Gasteiger partial charge in [0.05, 0.1) is 16.6 Å². The van der Waals surface area contributed by atoms with E-state index in [4.69, 9.17) is 4.42 Å². The molecule has 2 aromatic heterocycles. The molecular formula is C21H17N3O5S. The van der Waals surface area contributed by atoms with Gasteiger partial charge in [-0.05, 0) is 36.6 Å². The van der Waals surface area contributed by atoms with Crippen molar-refractivity contribution in [3.05, 3.63) is 87.1 Å². The number of nitrogens with one attached hydrogen (secondary N) is 1. The molecule has 2 aromatic carbocycles. The SMILES string of the molecule is O=c1[nH]c2ccccc2c(=O)n1-c1ccc(S(=O)(=O)N2CCCc3ccccc32)o1. The maximum Gasteiger partial charge on any atom is 0.335 e. The van der Waals surface area contributed by atoms with Crippen LogP contribution in [0, 0.1) is 0 Å². The smallest absolute Gasteiger partial charge is 0.335 e. The van der Waals surface area contributed by atoms with Crippen LogP contribution in [-0.4, -0.2) is 24.5 Å². The van der Waals surface area contributed by atoms with Gasteiger partial charge in [-0.2, -0.15) is 13.0 Å². The van der Waals surface area contributed by atoms with Gasteiger partial charge in [0, 0.05) is 18.7 Å². The number of aromatic nitrogens is 2. The Kier molecular flexibility index (Phi) is 4.14. The lowest BCUT2D eigenvalue weighted by molar-refractivity contribution is 0.429. The molecule has 1 aliphatic heterocycles. The summed E-state index contributed by atoms with van der Waals surface area (Å²) in [7, 11) is -3.99. The van der Waals surface area contributed by atoms with Crippen LogP contribution in [0.3, 0.4) is 0 Å². The van der Waals surface area contributed by atoms with E-state index < -0.39 is 21.3 Å². The molecule has 9 heteroatoms. The molecule has 0 saturated heterocycles. The zero-order valence-electron chi connectivity index (χ0n) is 15.7.